The quantitative estimate of drug-likeness (QED) is 0.280. The number of nitro groups is 1. The van der Waals surface area contributed by atoms with Crippen LogP contribution >= 0.6 is 11.8 Å². The molecule has 0 saturated carbocycles. The summed E-state index contributed by atoms with van der Waals surface area (Å²) in [6.45, 7) is 4.22. The minimum absolute atomic E-state index is 0.0142. The molecule has 1 atom stereocenters. The van der Waals surface area contributed by atoms with Crippen molar-refractivity contribution in [2.45, 2.75) is 24.5 Å². The largest absolute Gasteiger partial charge is 0.416 e. The summed E-state index contributed by atoms with van der Waals surface area (Å²) in [5, 5.41) is 19.8. The average molecular weight is 468 g/mol. The third-order valence-electron chi connectivity index (χ3n) is 5.67. The molecule has 0 aliphatic carbocycles. The van der Waals surface area contributed by atoms with Gasteiger partial charge in [-0.25, -0.2) is 0 Å². The predicted molar refractivity (Wildman–Crippen MR) is 125 cm³/mol. The summed E-state index contributed by atoms with van der Waals surface area (Å²) in [7, 11) is 0. The van der Waals surface area contributed by atoms with Crippen LogP contribution in [0.25, 0.3) is 0 Å². The van der Waals surface area contributed by atoms with Gasteiger partial charge in [-0.05, 0) is 17.5 Å². The molecule has 1 aromatic heterocycles. The number of amides is 1. The first-order valence-corrected chi connectivity index (χ1v) is 11.8. The van der Waals surface area contributed by atoms with Gasteiger partial charge in [0.2, 0.25) is 11.8 Å². The minimum atomic E-state index is -0.372. The van der Waals surface area contributed by atoms with Gasteiger partial charge in [-0.1, -0.05) is 61.2 Å². The van der Waals surface area contributed by atoms with Crippen LogP contribution in [0.2, 0.25) is 0 Å². The number of hydrogen-bond donors (Lipinski definition) is 0. The van der Waals surface area contributed by atoms with Gasteiger partial charge in [0.15, 0.2) is 0 Å². The number of para-hydroxylation sites is 2. The van der Waals surface area contributed by atoms with Gasteiger partial charge >= 0.3 is 0 Å². The van der Waals surface area contributed by atoms with Crippen LogP contribution in [0.1, 0.15) is 24.3 Å². The Kier molecular flexibility index (Phi) is 7.23. The van der Waals surface area contributed by atoms with Crippen molar-refractivity contribution in [1.82, 2.24) is 15.1 Å². The third-order valence-corrected chi connectivity index (χ3v) is 6.47. The number of carbonyl (C=O) groups excluding carboxylic acids is 1. The molecule has 172 valence electrons. The van der Waals surface area contributed by atoms with Crippen molar-refractivity contribution in [3.63, 3.8) is 0 Å². The second-order valence-electron chi connectivity index (χ2n) is 7.88. The first-order chi connectivity index (χ1) is 16.0. The second-order valence-corrected chi connectivity index (χ2v) is 8.81. The molecule has 1 aliphatic rings. The van der Waals surface area contributed by atoms with Gasteiger partial charge < -0.3 is 14.2 Å². The highest BCUT2D eigenvalue weighted by Gasteiger charge is 2.25. The van der Waals surface area contributed by atoms with E-state index >= 15 is 0 Å². The number of nitrogens with zero attached hydrogens (tertiary/aromatic N) is 5. The number of aromatic nitrogens is 2. The lowest BCUT2D eigenvalue weighted by Crippen LogP contribution is -2.49. The molecule has 1 amide bonds. The molecule has 1 unspecified atom stereocenters. The van der Waals surface area contributed by atoms with Gasteiger partial charge in [0.25, 0.3) is 10.9 Å². The maximum absolute atomic E-state index is 12.6. The van der Waals surface area contributed by atoms with E-state index in [4.69, 9.17) is 4.42 Å². The molecule has 0 radical (unpaired) electrons. The summed E-state index contributed by atoms with van der Waals surface area (Å²) >= 11 is 1.24. The Bertz CT molecular complexity index is 1100. The number of benzene rings is 2. The topological polar surface area (TPSA) is 106 Å². The minimum Gasteiger partial charge on any atom is -0.416 e. The van der Waals surface area contributed by atoms with E-state index in [9.17, 15) is 14.9 Å². The van der Waals surface area contributed by atoms with Crippen molar-refractivity contribution in [3.8, 4) is 0 Å². The molecule has 0 spiro atoms. The monoisotopic (exact) mass is 467 g/mol. The zero-order valence-electron chi connectivity index (χ0n) is 18.3. The molecule has 1 aliphatic heterocycles. The van der Waals surface area contributed by atoms with Crippen LogP contribution in [0, 0.1) is 10.1 Å². The fraction of sp³-hybridized carbons (Fsp3) is 0.348. The number of anilines is 1. The maximum atomic E-state index is 12.6. The predicted octanol–water partition coefficient (Wildman–Crippen LogP) is 3.76. The van der Waals surface area contributed by atoms with E-state index in [0.29, 0.717) is 49.4 Å². The lowest BCUT2D eigenvalue weighted by molar-refractivity contribution is -0.384. The number of piperazine rings is 1. The highest BCUT2D eigenvalue weighted by Crippen LogP contribution is 2.28. The van der Waals surface area contributed by atoms with Crippen LogP contribution in [0.15, 0.2) is 64.2 Å². The highest BCUT2D eigenvalue weighted by molar-refractivity contribution is 7.99. The Morgan fingerprint density at radius 1 is 1.09 bits per heavy atom. The molecular weight excluding hydrogens is 442 g/mol. The molecule has 9 nitrogen and oxygen atoms in total. The fourth-order valence-corrected chi connectivity index (χ4v) is 4.52. The third kappa shape index (κ3) is 5.70. The van der Waals surface area contributed by atoms with Gasteiger partial charge in [-0.15, -0.1) is 10.2 Å². The molecule has 1 saturated heterocycles. The molecule has 1 fully saturated rings. The van der Waals surface area contributed by atoms with Gasteiger partial charge in [-0.3, -0.25) is 14.9 Å². The lowest BCUT2D eigenvalue weighted by Gasteiger charge is -2.35. The number of hydrogen-bond acceptors (Lipinski definition) is 8. The average Bonchev–Trinajstić information content (AvgIpc) is 3.30. The van der Waals surface area contributed by atoms with E-state index in [1.54, 1.807) is 23.1 Å². The molecule has 33 heavy (non-hydrogen) atoms. The SMILES string of the molecule is CC(Cc1nnc(SCC(=O)N2CCN(c3ccccc3[N+](=O)[O-])CC2)o1)c1ccccc1. The van der Waals surface area contributed by atoms with Crippen LogP contribution in [-0.4, -0.2) is 57.9 Å². The van der Waals surface area contributed by atoms with E-state index in [-0.39, 0.29) is 28.2 Å². The van der Waals surface area contributed by atoms with E-state index in [2.05, 4.69) is 29.3 Å². The van der Waals surface area contributed by atoms with Crippen molar-refractivity contribution < 1.29 is 14.1 Å². The molecular formula is C23H25N5O4S. The highest BCUT2D eigenvalue weighted by atomic mass is 32.2. The molecule has 0 bridgehead atoms. The summed E-state index contributed by atoms with van der Waals surface area (Å²) in [5.74, 6) is 1.00. The number of carbonyl (C=O) groups is 1. The Morgan fingerprint density at radius 3 is 2.52 bits per heavy atom. The van der Waals surface area contributed by atoms with E-state index in [1.807, 2.05) is 23.1 Å². The first kappa shape index (κ1) is 22.8. The van der Waals surface area contributed by atoms with Gasteiger partial charge in [-0.2, -0.15) is 0 Å². The summed E-state index contributed by atoms with van der Waals surface area (Å²) in [6.07, 6.45) is 0.638. The van der Waals surface area contributed by atoms with Crippen LogP contribution in [-0.2, 0) is 11.2 Å². The van der Waals surface area contributed by atoms with Crippen molar-refractivity contribution >= 4 is 29.0 Å². The Morgan fingerprint density at radius 2 is 1.79 bits per heavy atom. The summed E-state index contributed by atoms with van der Waals surface area (Å²) in [4.78, 5) is 27.3. The normalized spacial score (nSPS) is 14.8. The van der Waals surface area contributed by atoms with Crippen molar-refractivity contribution in [3.05, 3.63) is 76.2 Å². The van der Waals surface area contributed by atoms with Gasteiger partial charge in [0, 0.05) is 38.7 Å². The van der Waals surface area contributed by atoms with E-state index in [0.717, 1.165) is 0 Å². The Balaban J connectivity index is 1.25. The standard InChI is InChI=1S/C23H25N5O4S/c1-17(18-7-3-2-4-8-18)15-21-24-25-23(32-21)33-16-22(29)27-13-11-26(12-14-27)19-9-5-6-10-20(19)28(30)31/h2-10,17H,11-16H2,1H3. The number of thioether (sulfide) groups is 1. The zero-order chi connectivity index (χ0) is 23.2. The summed E-state index contributed by atoms with van der Waals surface area (Å²) in [6, 6.07) is 16.8. The molecule has 10 heteroatoms. The van der Waals surface area contributed by atoms with Crippen LogP contribution in [0.5, 0.6) is 0 Å². The first-order valence-electron chi connectivity index (χ1n) is 10.8. The van der Waals surface area contributed by atoms with Crippen molar-refractivity contribution in [1.29, 1.82) is 0 Å². The van der Waals surface area contributed by atoms with Crippen molar-refractivity contribution in [2.75, 3.05) is 36.8 Å². The van der Waals surface area contributed by atoms with Crippen molar-refractivity contribution in [2.24, 2.45) is 0 Å². The summed E-state index contributed by atoms with van der Waals surface area (Å²) < 4.78 is 5.72. The molecule has 2 aromatic carbocycles. The van der Waals surface area contributed by atoms with Crippen LogP contribution in [0.4, 0.5) is 11.4 Å². The number of rotatable bonds is 8. The fourth-order valence-electron chi connectivity index (χ4n) is 3.84. The van der Waals surface area contributed by atoms with Gasteiger partial charge in [0.05, 0.1) is 10.7 Å². The Hall–Kier alpha value is -3.40. The van der Waals surface area contributed by atoms with Crippen LogP contribution in [0.3, 0.4) is 0 Å². The Labute approximate surface area is 195 Å². The van der Waals surface area contributed by atoms with Gasteiger partial charge in [0.1, 0.15) is 5.69 Å². The molecule has 4 rings (SSSR count). The van der Waals surface area contributed by atoms with E-state index in [1.165, 1.54) is 23.4 Å². The van der Waals surface area contributed by atoms with E-state index < -0.39 is 0 Å². The molecule has 0 N–H and O–H groups in total. The number of nitro benzene ring substituents is 1. The molecule has 3 aromatic rings. The second kappa shape index (κ2) is 10.5. The smallest absolute Gasteiger partial charge is 0.292 e. The lowest BCUT2D eigenvalue weighted by atomic mass is 9.98. The van der Waals surface area contributed by atoms with Crippen LogP contribution < -0.4 is 4.90 Å². The molecule has 2 heterocycles. The summed E-state index contributed by atoms with van der Waals surface area (Å²) in [5.41, 5.74) is 1.88. The maximum Gasteiger partial charge on any atom is 0.292 e. The zero-order valence-corrected chi connectivity index (χ0v) is 19.1.